The molecule has 0 spiro atoms. The van der Waals surface area contributed by atoms with Gasteiger partial charge in [-0.05, 0) is 30.5 Å². The number of aryl methyl sites for hydroxylation is 1. The summed E-state index contributed by atoms with van der Waals surface area (Å²) in [5, 5.41) is 5.09. The molecular formula is C25H24N2. The van der Waals surface area contributed by atoms with Crippen molar-refractivity contribution < 1.29 is 0 Å². The minimum Gasteiger partial charge on any atom is -0.232 e. The molecule has 0 aliphatic heterocycles. The molecule has 4 aromatic rings. The molecule has 134 valence electrons. The second-order valence-electron chi connectivity index (χ2n) is 6.75. The molecular weight excluding hydrogens is 328 g/mol. The number of rotatable bonds is 6. The van der Waals surface area contributed by atoms with E-state index >= 15 is 0 Å². The summed E-state index contributed by atoms with van der Waals surface area (Å²) in [7, 11) is 0. The Morgan fingerprint density at radius 3 is 1.85 bits per heavy atom. The van der Waals surface area contributed by atoms with E-state index in [2.05, 4.69) is 96.5 Å². The Bertz CT molecular complexity index is 987. The van der Waals surface area contributed by atoms with Crippen LogP contribution in [0.25, 0.3) is 28.1 Å². The molecule has 1 aromatic heterocycles. The SMILES string of the molecule is CCCCc1nn(-c2ccccc2)c(-c2ccccc2)c1-c1ccccc1. The molecule has 0 unspecified atom stereocenters. The molecule has 0 saturated heterocycles. The fraction of sp³-hybridized carbons (Fsp3) is 0.160. The van der Waals surface area contributed by atoms with E-state index in [-0.39, 0.29) is 0 Å². The zero-order valence-corrected chi connectivity index (χ0v) is 15.7. The Hall–Kier alpha value is -3.13. The molecule has 2 nitrogen and oxygen atoms in total. The third kappa shape index (κ3) is 3.56. The molecule has 0 atom stereocenters. The Kier molecular flexibility index (Phi) is 5.15. The van der Waals surface area contributed by atoms with Gasteiger partial charge in [0.2, 0.25) is 0 Å². The predicted molar refractivity (Wildman–Crippen MR) is 113 cm³/mol. The van der Waals surface area contributed by atoms with E-state index in [0.29, 0.717) is 0 Å². The number of benzene rings is 3. The van der Waals surface area contributed by atoms with Crippen molar-refractivity contribution in [1.82, 2.24) is 9.78 Å². The molecule has 2 heteroatoms. The largest absolute Gasteiger partial charge is 0.232 e. The van der Waals surface area contributed by atoms with Gasteiger partial charge in [-0.1, -0.05) is 92.2 Å². The lowest BCUT2D eigenvalue weighted by molar-refractivity contribution is 0.754. The molecule has 0 bridgehead atoms. The van der Waals surface area contributed by atoms with Crippen LogP contribution in [0.3, 0.4) is 0 Å². The number of hydrogen-bond acceptors (Lipinski definition) is 1. The van der Waals surface area contributed by atoms with Crippen LogP contribution in [0.1, 0.15) is 25.5 Å². The molecule has 0 N–H and O–H groups in total. The van der Waals surface area contributed by atoms with Gasteiger partial charge in [0.05, 0.1) is 17.1 Å². The minimum atomic E-state index is 0.987. The van der Waals surface area contributed by atoms with E-state index < -0.39 is 0 Å². The van der Waals surface area contributed by atoms with Gasteiger partial charge in [0.25, 0.3) is 0 Å². The number of nitrogens with zero attached hydrogens (tertiary/aromatic N) is 2. The number of hydrogen-bond donors (Lipinski definition) is 0. The third-order valence-electron chi connectivity index (χ3n) is 4.84. The van der Waals surface area contributed by atoms with Crippen molar-refractivity contribution in [2.75, 3.05) is 0 Å². The first kappa shape index (κ1) is 17.3. The van der Waals surface area contributed by atoms with Gasteiger partial charge in [0.1, 0.15) is 0 Å². The van der Waals surface area contributed by atoms with Crippen molar-refractivity contribution in [1.29, 1.82) is 0 Å². The number of para-hydroxylation sites is 1. The van der Waals surface area contributed by atoms with Crippen LogP contribution in [0.2, 0.25) is 0 Å². The fourth-order valence-electron chi connectivity index (χ4n) is 3.51. The van der Waals surface area contributed by atoms with E-state index in [4.69, 9.17) is 5.10 Å². The summed E-state index contributed by atoms with van der Waals surface area (Å²) in [6.07, 6.45) is 3.29. The highest BCUT2D eigenvalue weighted by molar-refractivity contribution is 5.84. The topological polar surface area (TPSA) is 17.8 Å². The molecule has 3 aromatic carbocycles. The van der Waals surface area contributed by atoms with Crippen molar-refractivity contribution in [3.8, 4) is 28.1 Å². The normalized spacial score (nSPS) is 10.9. The average Bonchev–Trinajstić information content (AvgIpc) is 3.13. The number of aromatic nitrogens is 2. The summed E-state index contributed by atoms with van der Waals surface area (Å²) in [5.74, 6) is 0. The second-order valence-corrected chi connectivity index (χ2v) is 6.75. The first-order chi connectivity index (χ1) is 13.4. The Morgan fingerprint density at radius 1 is 0.704 bits per heavy atom. The van der Waals surface area contributed by atoms with Crippen LogP contribution in [0.15, 0.2) is 91.0 Å². The van der Waals surface area contributed by atoms with E-state index in [1.54, 1.807) is 0 Å². The summed E-state index contributed by atoms with van der Waals surface area (Å²) in [6, 6.07) is 31.7. The summed E-state index contributed by atoms with van der Waals surface area (Å²) in [6.45, 7) is 2.23. The maximum absolute atomic E-state index is 5.09. The van der Waals surface area contributed by atoms with Gasteiger partial charge in [-0.2, -0.15) is 5.10 Å². The van der Waals surface area contributed by atoms with Crippen LogP contribution in [-0.2, 0) is 6.42 Å². The van der Waals surface area contributed by atoms with Gasteiger partial charge in [0, 0.05) is 11.1 Å². The van der Waals surface area contributed by atoms with Crippen LogP contribution >= 0.6 is 0 Å². The van der Waals surface area contributed by atoms with Crippen LogP contribution < -0.4 is 0 Å². The Morgan fingerprint density at radius 2 is 1.26 bits per heavy atom. The lowest BCUT2D eigenvalue weighted by Crippen LogP contribution is -1.99. The van der Waals surface area contributed by atoms with Gasteiger partial charge in [-0.15, -0.1) is 0 Å². The summed E-state index contributed by atoms with van der Waals surface area (Å²) in [5.41, 5.74) is 7.10. The summed E-state index contributed by atoms with van der Waals surface area (Å²) in [4.78, 5) is 0. The third-order valence-corrected chi connectivity index (χ3v) is 4.84. The zero-order chi connectivity index (χ0) is 18.5. The first-order valence-corrected chi connectivity index (χ1v) is 9.66. The van der Waals surface area contributed by atoms with Crippen LogP contribution in [0, 0.1) is 0 Å². The molecule has 27 heavy (non-hydrogen) atoms. The molecule has 0 radical (unpaired) electrons. The molecule has 1 heterocycles. The second kappa shape index (κ2) is 8.05. The van der Waals surface area contributed by atoms with Crippen LogP contribution in [-0.4, -0.2) is 9.78 Å². The smallest absolute Gasteiger partial charge is 0.0822 e. The number of unbranched alkanes of at least 4 members (excludes halogenated alkanes) is 1. The van der Waals surface area contributed by atoms with Gasteiger partial charge < -0.3 is 0 Å². The zero-order valence-electron chi connectivity index (χ0n) is 15.7. The quantitative estimate of drug-likeness (QED) is 0.385. The van der Waals surface area contributed by atoms with E-state index in [9.17, 15) is 0 Å². The van der Waals surface area contributed by atoms with Gasteiger partial charge in [-0.25, -0.2) is 4.68 Å². The van der Waals surface area contributed by atoms with Crippen molar-refractivity contribution >= 4 is 0 Å². The highest BCUT2D eigenvalue weighted by Crippen LogP contribution is 2.37. The molecule has 4 rings (SSSR count). The lowest BCUT2D eigenvalue weighted by Gasteiger charge is -2.11. The van der Waals surface area contributed by atoms with E-state index in [0.717, 1.165) is 24.9 Å². The van der Waals surface area contributed by atoms with Crippen LogP contribution in [0.4, 0.5) is 0 Å². The van der Waals surface area contributed by atoms with Crippen molar-refractivity contribution in [2.45, 2.75) is 26.2 Å². The minimum absolute atomic E-state index is 0.987. The predicted octanol–water partition coefficient (Wildman–Crippen LogP) is 6.55. The van der Waals surface area contributed by atoms with Crippen molar-refractivity contribution in [3.05, 3.63) is 96.7 Å². The monoisotopic (exact) mass is 352 g/mol. The molecule has 0 aliphatic rings. The maximum Gasteiger partial charge on any atom is 0.0822 e. The van der Waals surface area contributed by atoms with E-state index in [1.165, 1.54) is 28.1 Å². The maximum atomic E-state index is 5.09. The molecule has 0 aliphatic carbocycles. The van der Waals surface area contributed by atoms with Gasteiger partial charge >= 0.3 is 0 Å². The summed E-state index contributed by atoms with van der Waals surface area (Å²) < 4.78 is 2.11. The van der Waals surface area contributed by atoms with Crippen molar-refractivity contribution in [2.24, 2.45) is 0 Å². The van der Waals surface area contributed by atoms with Crippen LogP contribution in [0.5, 0.6) is 0 Å². The molecule has 0 saturated carbocycles. The summed E-state index contributed by atoms with van der Waals surface area (Å²) >= 11 is 0. The Balaban J connectivity index is 2.01. The van der Waals surface area contributed by atoms with E-state index in [1.807, 2.05) is 6.07 Å². The lowest BCUT2D eigenvalue weighted by atomic mass is 9.96. The highest BCUT2D eigenvalue weighted by Gasteiger charge is 2.21. The average molecular weight is 352 g/mol. The fourth-order valence-corrected chi connectivity index (χ4v) is 3.51. The molecule has 0 amide bonds. The van der Waals surface area contributed by atoms with Gasteiger partial charge in [0.15, 0.2) is 0 Å². The Labute approximate surface area is 161 Å². The highest BCUT2D eigenvalue weighted by atomic mass is 15.3. The van der Waals surface area contributed by atoms with Gasteiger partial charge in [-0.3, -0.25) is 0 Å². The first-order valence-electron chi connectivity index (χ1n) is 9.66. The van der Waals surface area contributed by atoms with Crippen molar-refractivity contribution in [3.63, 3.8) is 0 Å². The molecule has 0 fully saturated rings. The standard InChI is InChI=1S/C25H24N2/c1-2-3-19-23-24(20-13-7-4-8-14-20)25(21-15-9-5-10-16-21)27(26-23)22-17-11-6-12-18-22/h4-18H,2-3,19H2,1H3.